The average molecular weight is 368 g/mol. The minimum atomic E-state index is -0.553. The minimum absolute atomic E-state index is 0.266. The summed E-state index contributed by atoms with van der Waals surface area (Å²) in [6.07, 6.45) is 3.41. The first-order valence-corrected chi connectivity index (χ1v) is 8.21. The van der Waals surface area contributed by atoms with Crippen LogP contribution in [0.15, 0.2) is 25.3 Å². The highest BCUT2D eigenvalue weighted by Crippen LogP contribution is 2.34. The van der Waals surface area contributed by atoms with E-state index in [4.69, 9.17) is 21.7 Å². The standard InChI is InChI=1S/C16H20N2O4S2/c1-6-8-18(9-7-2)16(23)17-13-11(14(19)21-4)10(3)12(24-13)15(20)22-5/h6-7H,1-2,8-9H2,3-5H3,(H,17,23). The zero-order valence-corrected chi connectivity index (χ0v) is 15.5. The molecule has 0 aromatic carbocycles. The quantitative estimate of drug-likeness (QED) is 0.451. The van der Waals surface area contributed by atoms with Crippen molar-refractivity contribution >= 4 is 45.6 Å². The van der Waals surface area contributed by atoms with Crippen molar-refractivity contribution in [2.24, 2.45) is 0 Å². The van der Waals surface area contributed by atoms with Crippen molar-refractivity contribution in [2.45, 2.75) is 6.92 Å². The summed E-state index contributed by atoms with van der Waals surface area (Å²) in [5.41, 5.74) is 0.755. The normalized spacial score (nSPS) is 9.79. The topological polar surface area (TPSA) is 67.9 Å². The maximum Gasteiger partial charge on any atom is 0.348 e. The summed E-state index contributed by atoms with van der Waals surface area (Å²) >= 11 is 6.47. The third-order valence-corrected chi connectivity index (χ3v) is 4.66. The Bertz CT molecular complexity index is 657. The third-order valence-electron chi connectivity index (χ3n) is 3.11. The molecule has 0 atom stereocenters. The van der Waals surface area contributed by atoms with Gasteiger partial charge in [-0.2, -0.15) is 0 Å². The number of hydrogen-bond acceptors (Lipinski definition) is 6. The van der Waals surface area contributed by atoms with Gasteiger partial charge in [0.25, 0.3) is 0 Å². The number of ether oxygens (including phenoxy) is 2. The number of hydrogen-bond donors (Lipinski definition) is 1. The van der Waals surface area contributed by atoms with Crippen LogP contribution in [-0.2, 0) is 9.47 Å². The molecule has 0 fully saturated rings. The van der Waals surface area contributed by atoms with Gasteiger partial charge in [0.2, 0.25) is 0 Å². The van der Waals surface area contributed by atoms with Crippen molar-refractivity contribution in [3.8, 4) is 0 Å². The van der Waals surface area contributed by atoms with E-state index in [1.54, 1.807) is 19.1 Å². The molecule has 0 saturated carbocycles. The van der Waals surface area contributed by atoms with Crippen LogP contribution in [0.4, 0.5) is 5.00 Å². The predicted octanol–water partition coefficient (Wildman–Crippen LogP) is 3.00. The molecule has 1 aromatic rings. The number of methoxy groups -OCH3 is 2. The number of nitrogens with zero attached hydrogens (tertiary/aromatic N) is 1. The van der Waals surface area contributed by atoms with Gasteiger partial charge in [-0.25, -0.2) is 9.59 Å². The molecule has 0 aliphatic heterocycles. The molecule has 0 saturated heterocycles. The zero-order chi connectivity index (χ0) is 18.3. The van der Waals surface area contributed by atoms with Crippen molar-refractivity contribution in [3.05, 3.63) is 41.3 Å². The van der Waals surface area contributed by atoms with E-state index < -0.39 is 11.9 Å². The second kappa shape index (κ2) is 9.19. The van der Waals surface area contributed by atoms with Gasteiger partial charge in [-0.3, -0.25) is 0 Å². The molecular formula is C16H20N2O4S2. The van der Waals surface area contributed by atoms with E-state index in [0.29, 0.717) is 33.6 Å². The van der Waals surface area contributed by atoms with Gasteiger partial charge in [0.15, 0.2) is 5.11 Å². The van der Waals surface area contributed by atoms with Crippen LogP contribution in [0.5, 0.6) is 0 Å². The summed E-state index contributed by atoms with van der Waals surface area (Å²) in [6.45, 7) is 10.1. The molecule has 0 aliphatic carbocycles. The average Bonchev–Trinajstić information content (AvgIpc) is 2.89. The van der Waals surface area contributed by atoms with Gasteiger partial charge >= 0.3 is 11.9 Å². The fourth-order valence-corrected chi connectivity index (χ4v) is 3.39. The van der Waals surface area contributed by atoms with Crippen LogP contribution in [0.2, 0.25) is 0 Å². The number of carbonyl (C=O) groups is 2. The molecule has 0 aliphatic rings. The molecule has 1 rings (SSSR count). The lowest BCUT2D eigenvalue weighted by molar-refractivity contribution is 0.0601. The number of thiophene rings is 1. The first-order chi connectivity index (χ1) is 11.4. The van der Waals surface area contributed by atoms with Crippen LogP contribution in [0.25, 0.3) is 0 Å². The molecule has 24 heavy (non-hydrogen) atoms. The molecule has 6 nitrogen and oxygen atoms in total. The molecule has 1 N–H and O–H groups in total. The maximum atomic E-state index is 12.1. The number of thiocarbonyl (C=S) groups is 1. The Kier molecular flexibility index (Phi) is 7.60. The lowest BCUT2D eigenvalue weighted by Crippen LogP contribution is -2.35. The third kappa shape index (κ3) is 4.42. The number of rotatable bonds is 7. The fourth-order valence-electron chi connectivity index (χ4n) is 1.97. The highest BCUT2D eigenvalue weighted by Gasteiger charge is 2.26. The van der Waals surface area contributed by atoms with E-state index in [1.807, 2.05) is 4.90 Å². The summed E-state index contributed by atoms with van der Waals surface area (Å²) in [4.78, 5) is 26.1. The van der Waals surface area contributed by atoms with E-state index in [9.17, 15) is 9.59 Å². The van der Waals surface area contributed by atoms with Gasteiger partial charge in [0.1, 0.15) is 9.88 Å². The Balaban J connectivity index is 3.23. The summed E-state index contributed by atoms with van der Waals surface area (Å²) < 4.78 is 9.56. The van der Waals surface area contributed by atoms with Gasteiger partial charge < -0.3 is 19.7 Å². The van der Waals surface area contributed by atoms with Crippen LogP contribution in [0.3, 0.4) is 0 Å². The molecule has 8 heteroatoms. The van der Waals surface area contributed by atoms with E-state index in [-0.39, 0.29) is 5.56 Å². The van der Waals surface area contributed by atoms with Crippen LogP contribution >= 0.6 is 23.6 Å². The minimum Gasteiger partial charge on any atom is -0.465 e. The summed E-state index contributed by atoms with van der Waals surface area (Å²) in [6, 6.07) is 0. The largest absolute Gasteiger partial charge is 0.465 e. The molecule has 0 spiro atoms. The first-order valence-electron chi connectivity index (χ1n) is 6.98. The van der Waals surface area contributed by atoms with Crippen molar-refractivity contribution < 1.29 is 19.1 Å². The van der Waals surface area contributed by atoms with Crippen LogP contribution < -0.4 is 5.32 Å². The number of esters is 2. The van der Waals surface area contributed by atoms with Gasteiger partial charge in [0.05, 0.1) is 19.8 Å². The van der Waals surface area contributed by atoms with Crippen molar-refractivity contribution in [1.29, 1.82) is 0 Å². The molecule has 0 bridgehead atoms. The van der Waals surface area contributed by atoms with E-state index in [0.717, 1.165) is 11.3 Å². The molecule has 0 unspecified atom stereocenters. The first kappa shape index (κ1) is 19.9. The molecule has 130 valence electrons. The number of carbonyl (C=O) groups excluding carboxylic acids is 2. The van der Waals surface area contributed by atoms with Crippen molar-refractivity contribution in [2.75, 3.05) is 32.6 Å². The smallest absolute Gasteiger partial charge is 0.348 e. The predicted molar refractivity (Wildman–Crippen MR) is 99.9 cm³/mol. The maximum absolute atomic E-state index is 12.1. The fraction of sp³-hybridized carbons (Fsp3) is 0.312. The Morgan fingerprint density at radius 3 is 2.21 bits per heavy atom. The zero-order valence-electron chi connectivity index (χ0n) is 13.9. The van der Waals surface area contributed by atoms with Gasteiger partial charge in [-0.1, -0.05) is 12.2 Å². The van der Waals surface area contributed by atoms with Gasteiger partial charge in [-0.05, 0) is 24.7 Å². The Morgan fingerprint density at radius 1 is 1.21 bits per heavy atom. The molecular weight excluding hydrogens is 348 g/mol. The van der Waals surface area contributed by atoms with E-state index >= 15 is 0 Å². The SMILES string of the molecule is C=CCN(CC=C)C(=S)Nc1sc(C(=O)OC)c(C)c1C(=O)OC. The van der Waals surface area contributed by atoms with Gasteiger partial charge in [-0.15, -0.1) is 24.5 Å². The highest BCUT2D eigenvalue weighted by atomic mass is 32.1. The van der Waals surface area contributed by atoms with Crippen molar-refractivity contribution in [3.63, 3.8) is 0 Å². The summed E-state index contributed by atoms with van der Waals surface area (Å²) in [5, 5.41) is 3.83. The van der Waals surface area contributed by atoms with Crippen LogP contribution in [-0.4, -0.2) is 49.3 Å². The monoisotopic (exact) mass is 368 g/mol. The van der Waals surface area contributed by atoms with E-state index in [1.165, 1.54) is 14.2 Å². The molecule has 1 heterocycles. The second-order valence-electron chi connectivity index (χ2n) is 4.66. The number of nitrogens with one attached hydrogen (secondary N) is 1. The number of anilines is 1. The lowest BCUT2D eigenvalue weighted by Gasteiger charge is -2.22. The summed E-state index contributed by atoms with van der Waals surface area (Å²) in [7, 11) is 2.56. The second-order valence-corrected chi connectivity index (χ2v) is 6.06. The summed E-state index contributed by atoms with van der Waals surface area (Å²) in [5.74, 6) is -1.07. The molecule has 1 aromatic heterocycles. The Labute approximate surface area is 150 Å². The van der Waals surface area contributed by atoms with Crippen LogP contribution in [0, 0.1) is 6.92 Å². The van der Waals surface area contributed by atoms with Crippen molar-refractivity contribution in [1.82, 2.24) is 4.90 Å². The Morgan fingerprint density at radius 2 is 1.75 bits per heavy atom. The Hall–Kier alpha value is -2.19. The molecule has 0 amide bonds. The van der Waals surface area contributed by atoms with E-state index in [2.05, 4.69) is 18.5 Å². The molecule has 0 radical (unpaired) electrons. The van der Waals surface area contributed by atoms with Gasteiger partial charge in [0, 0.05) is 13.1 Å². The highest BCUT2D eigenvalue weighted by molar-refractivity contribution is 7.80. The van der Waals surface area contributed by atoms with Crippen LogP contribution in [0.1, 0.15) is 25.6 Å². The lowest BCUT2D eigenvalue weighted by atomic mass is 10.1.